The Kier molecular flexibility index (Phi) is 8.51. The Balaban J connectivity index is 1.05. The third kappa shape index (κ3) is 5.42. The van der Waals surface area contributed by atoms with Crippen LogP contribution < -0.4 is 4.90 Å². The smallest absolute Gasteiger partial charge is 0.159 e. The fourth-order valence-electron chi connectivity index (χ4n) is 11.7. The zero-order chi connectivity index (χ0) is 44.0. The molecule has 66 heavy (non-hydrogen) atoms. The van der Waals surface area contributed by atoms with Gasteiger partial charge in [0, 0.05) is 33.0 Å². The second-order valence-electron chi connectivity index (χ2n) is 18.3. The lowest BCUT2D eigenvalue weighted by Gasteiger charge is -2.46. The van der Waals surface area contributed by atoms with E-state index in [2.05, 4.69) is 255 Å². The van der Waals surface area contributed by atoms with Crippen LogP contribution in [0.25, 0.3) is 66.4 Å². The predicted molar refractivity (Wildman–Crippen MR) is 274 cm³/mol. The van der Waals surface area contributed by atoms with Crippen LogP contribution in [-0.4, -0.2) is 0 Å². The molecule has 2 heteroatoms. The van der Waals surface area contributed by atoms with Gasteiger partial charge in [-0.1, -0.05) is 226 Å². The summed E-state index contributed by atoms with van der Waals surface area (Å²) in [6, 6.07) is 86.6. The van der Waals surface area contributed by atoms with Gasteiger partial charge in [-0.05, 0) is 91.0 Å². The maximum atomic E-state index is 7.41. The summed E-state index contributed by atoms with van der Waals surface area (Å²) < 4.78 is 7.41. The van der Waals surface area contributed by atoms with E-state index in [-0.39, 0.29) is 5.41 Å². The predicted octanol–water partition coefficient (Wildman–Crippen LogP) is 17.1. The molecular weight excluding hydrogens is 799 g/mol. The summed E-state index contributed by atoms with van der Waals surface area (Å²) in [5.74, 6) is 0. The standard InChI is InChI=1S/C64H45NO/c1-63(2)53-31-12-14-33-55(53)64(56-34-15-13-32-54(56)63)52-30-11-9-25-51(52)60-47(26-18-35-57(60)64)48-27-17-28-49-50-29-19-37-59(62(50)66-61(48)49)65(45-40-38-43(39-41-45)42-20-5-3-6-21-42)58-36-16-10-24-46(58)44-22-7-4-8-23-44/h3-41H,1-2H3. The third-order valence-electron chi connectivity index (χ3n) is 14.6. The molecule has 0 N–H and O–H groups in total. The number of benzene rings is 10. The van der Waals surface area contributed by atoms with Gasteiger partial charge in [0.05, 0.1) is 16.8 Å². The van der Waals surface area contributed by atoms with Gasteiger partial charge in [-0.15, -0.1) is 0 Å². The molecule has 0 amide bonds. The summed E-state index contributed by atoms with van der Waals surface area (Å²) in [6.45, 7) is 4.76. The van der Waals surface area contributed by atoms with Gasteiger partial charge < -0.3 is 9.32 Å². The van der Waals surface area contributed by atoms with E-state index in [0.29, 0.717) is 0 Å². The first-order chi connectivity index (χ1) is 32.5. The van der Waals surface area contributed by atoms with Crippen LogP contribution in [0.3, 0.4) is 0 Å². The lowest BCUT2D eigenvalue weighted by molar-refractivity contribution is 0.563. The molecule has 0 unspecified atom stereocenters. The van der Waals surface area contributed by atoms with Crippen molar-refractivity contribution in [2.75, 3.05) is 4.90 Å². The van der Waals surface area contributed by atoms with Crippen LogP contribution in [0, 0.1) is 0 Å². The highest BCUT2D eigenvalue weighted by molar-refractivity contribution is 6.15. The fraction of sp³-hybridized carbons (Fsp3) is 0.0625. The number of hydrogen-bond donors (Lipinski definition) is 0. The second kappa shape index (κ2) is 14.7. The summed E-state index contributed by atoms with van der Waals surface area (Å²) >= 11 is 0. The molecule has 1 heterocycles. The lowest BCUT2D eigenvalue weighted by Crippen LogP contribution is -2.40. The molecule has 13 rings (SSSR count). The van der Waals surface area contributed by atoms with E-state index in [0.717, 1.165) is 55.7 Å². The Hall–Kier alpha value is -8.20. The number of furan rings is 1. The fourth-order valence-corrected chi connectivity index (χ4v) is 11.7. The van der Waals surface area contributed by atoms with E-state index in [1.165, 1.54) is 61.2 Å². The average molecular weight is 844 g/mol. The molecule has 1 aromatic heterocycles. The highest BCUT2D eigenvalue weighted by Gasteiger charge is 2.53. The van der Waals surface area contributed by atoms with Gasteiger partial charge >= 0.3 is 0 Å². The van der Waals surface area contributed by atoms with Crippen LogP contribution in [0.4, 0.5) is 17.1 Å². The Bertz CT molecular complexity index is 3620. The van der Waals surface area contributed by atoms with Gasteiger partial charge in [0.25, 0.3) is 0 Å². The third-order valence-corrected chi connectivity index (χ3v) is 14.6. The van der Waals surface area contributed by atoms with Crippen molar-refractivity contribution in [3.05, 3.63) is 270 Å². The maximum Gasteiger partial charge on any atom is 0.159 e. The SMILES string of the molecule is CC1(C)c2ccccc2C2(c3ccccc3-c3c(-c4cccc5c4oc4c(N(c6ccc(-c7ccccc7)cc6)c6ccccc6-c6ccccc6)cccc45)cccc32)c2ccccc21. The first-order valence-corrected chi connectivity index (χ1v) is 23.0. The van der Waals surface area contributed by atoms with Gasteiger partial charge in [-0.2, -0.15) is 0 Å². The van der Waals surface area contributed by atoms with Crippen LogP contribution in [0.5, 0.6) is 0 Å². The molecule has 0 bridgehead atoms. The van der Waals surface area contributed by atoms with E-state index in [1.807, 2.05) is 0 Å². The highest BCUT2D eigenvalue weighted by atomic mass is 16.3. The zero-order valence-corrected chi connectivity index (χ0v) is 36.9. The van der Waals surface area contributed by atoms with Gasteiger partial charge in [-0.25, -0.2) is 0 Å². The molecule has 312 valence electrons. The van der Waals surface area contributed by atoms with Crippen molar-refractivity contribution in [3.8, 4) is 44.5 Å². The summed E-state index contributed by atoms with van der Waals surface area (Å²) in [5.41, 5.74) is 21.7. The first-order valence-electron chi connectivity index (χ1n) is 23.0. The van der Waals surface area contributed by atoms with E-state index in [9.17, 15) is 0 Å². The van der Waals surface area contributed by atoms with Crippen molar-refractivity contribution in [1.82, 2.24) is 0 Å². The molecule has 0 radical (unpaired) electrons. The lowest BCUT2D eigenvalue weighted by atomic mass is 9.55. The van der Waals surface area contributed by atoms with E-state index < -0.39 is 5.41 Å². The minimum Gasteiger partial charge on any atom is -0.453 e. The Morgan fingerprint density at radius 2 is 0.788 bits per heavy atom. The Morgan fingerprint density at radius 3 is 1.48 bits per heavy atom. The largest absolute Gasteiger partial charge is 0.453 e. The van der Waals surface area contributed by atoms with Crippen LogP contribution in [-0.2, 0) is 10.8 Å². The molecule has 0 atom stereocenters. The number of nitrogens with zero attached hydrogens (tertiary/aromatic N) is 1. The number of rotatable bonds is 6. The summed E-state index contributed by atoms with van der Waals surface area (Å²) in [7, 11) is 0. The molecule has 10 aromatic carbocycles. The molecule has 2 aliphatic carbocycles. The summed E-state index contributed by atoms with van der Waals surface area (Å²) in [5, 5.41) is 2.17. The first kappa shape index (κ1) is 38.3. The second-order valence-corrected chi connectivity index (χ2v) is 18.3. The van der Waals surface area contributed by atoms with E-state index in [4.69, 9.17) is 4.42 Å². The van der Waals surface area contributed by atoms with Crippen molar-refractivity contribution in [2.24, 2.45) is 0 Å². The van der Waals surface area contributed by atoms with Crippen LogP contribution in [0.1, 0.15) is 47.2 Å². The van der Waals surface area contributed by atoms with Crippen LogP contribution in [0.2, 0.25) is 0 Å². The number of hydrogen-bond acceptors (Lipinski definition) is 2. The van der Waals surface area contributed by atoms with Gasteiger partial charge in [-0.3, -0.25) is 0 Å². The molecule has 2 nitrogen and oxygen atoms in total. The van der Waals surface area contributed by atoms with Gasteiger partial charge in [0.15, 0.2) is 5.58 Å². The quantitative estimate of drug-likeness (QED) is 0.166. The van der Waals surface area contributed by atoms with Crippen molar-refractivity contribution < 1.29 is 4.42 Å². The van der Waals surface area contributed by atoms with Gasteiger partial charge in [0.2, 0.25) is 0 Å². The molecule has 11 aromatic rings. The minimum absolute atomic E-state index is 0.162. The molecule has 0 aliphatic heterocycles. The molecule has 0 fully saturated rings. The van der Waals surface area contributed by atoms with Crippen molar-refractivity contribution in [2.45, 2.75) is 24.7 Å². The van der Waals surface area contributed by atoms with Crippen LogP contribution in [0.15, 0.2) is 241 Å². The number of fused-ring (bicyclic) bond motifs is 12. The zero-order valence-electron chi connectivity index (χ0n) is 36.9. The van der Waals surface area contributed by atoms with Crippen molar-refractivity contribution in [3.63, 3.8) is 0 Å². The monoisotopic (exact) mass is 843 g/mol. The van der Waals surface area contributed by atoms with E-state index >= 15 is 0 Å². The Labute approximate surface area is 385 Å². The Morgan fingerprint density at radius 1 is 0.318 bits per heavy atom. The van der Waals surface area contributed by atoms with E-state index in [1.54, 1.807) is 0 Å². The maximum absolute atomic E-state index is 7.41. The normalized spacial score (nSPS) is 13.8. The minimum atomic E-state index is -0.484. The topological polar surface area (TPSA) is 16.4 Å². The summed E-state index contributed by atoms with van der Waals surface area (Å²) in [4.78, 5) is 2.38. The highest BCUT2D eigenvalue weighted by Crippen LogP contribution is 2.63. The number of para-hydroxylation sites is 3. The van der Waals surface area contributed by atoms with Crippen LogP contribution >= 0.6 is 0 Å². The molecule has 0 saturated heterocycles. The molecule has 2 aliphatic rings. The molecule has 0 saturated carbocycles. The van der Waals surface area contributed by atoms with Gasteiger partial charge in [0.1, 0.15) is 5.58 Å². The van der Waals surface area contributed by atoms with Crippen molar-refractivity contribution in [1.29, 1.82) is 0 Å². The van der Waals surface area contributed by atoms with Crippen molar-refractivity contribution >= 4 is 39.0 Å². The molecule has 1 spiro atoms. The molecular formula is C64H45NO. The average Bonchev–Trinajstić information content (AvgIpc) is 3.92. The summed E-state index contributed by atoms with van der Waals surface area (Å²) in [6.07, 6.45) is 0. The number of anilines is 3.